The minimum atomic E-state index is -3.93. The third kappa shape index (κ3) is 6.79. The molecule has 0 saturated heterocycles. The molecule has 9 nitrogen and oxygen atoms in total. The van der Waals surface area contributed by atoms with Gasteiger partial charge in [-0.1, -0.05) is 12.1 Å². The number of ether oxygens (including phenoxy) is 2. The van der Waals surface area contributed by atoms with Gasteiger partial charge in [0.15, 0.2) is 5.11 Å². The first-order valence-corrected chi connectivity index (χ1v) is 10.6. The smallest absolute Gasteiger partial charge is 0.264 e. The lowest BCUT2D eigenvalue weighted by molar-refractivity contribution is -0.117. The van der Waals surface area contributed by atoms with Crippen LogP contribution in [0.4, 0.5) is 5.69 Å². The van der Waals surface area contributed by atoms with Crippen LogP contribution < -0.4 is 20.1 Å². The van der Waals surface area contributed by atoms with Gasteiger partial charge in [0, 0.05) is 19.7 Å². The van der Waals surface area contributed by atoms with Gasteiger partial charge >= 0.3 is 0 Å². The van der Waals surface area contributed by atoms with E-state index in [2.05, 4.69) is 10.6 Å². The highest BCUT2D eigenvalue weighted by Crippen LogP contribution is 2.18. The maximum absolute atomic E-state index is 12.5. The second-order valence-corrected chi connectivity index (χ2v) is 8.02. The number of thiocarbonyl (C=S) groups is 1. The third-order valence-corrected chi connectivity index (χ3v) is 5.26. The number of benzene rings is 2. The Bertz CT molecular complexity index is 1020. The molecule has 0 saturated carbocycles. The zero-order chi connectivity index (χ0) is 22.1. The Hall–Kier alpha value is -3.02. The largest absolute Gasteiger partial charge is 0.490 e. The summed E-state index contributed by atoms with van der Waals surface area (Å²) >= 11 is 5.15. The molecule has 2 aromatic rings. The Labute approximate surface area is 179 Å². The number of carbonyl (C=O) groups excluding carboxylic acids is 2. The summed E-state index contributed by atoms with van der Waals surface area (Å²) in [5, 5.41) is 5.35. The fraction of sp³-hybridized carbons (Fsp3) is 0.211. The molecule has 2 amide bonds. The molecule has 0 radical (unpaired) electrons. The molecular formula is C19H21N3O6S2. The van der Waals surface area contributed by atoms with Crippen molar-refractivity contribution in [1.29, 1.82) is 0 Å². The van der Waals surface area contributed by atoms with Crippen molar-refractivity contribution in [3.8, 4) is 5.75 Å². The van der Waals surface area contributed by atoms with Gasteiger partial charge in [-0.2, -0.15) is 0 Å². The van der Waals surface area contributed by atoms with Crippen molar-refractivity contribution in [3.05, 3.63) is 54.1 Å². The summed E-state index contributed by atoms with van der Waals surface area (Å²) in [5.74, 6) is -0.764. The van der Waals surface area contributed by atoms with Gasteiger partial charge in [0.25, 0.3) is 15.9 Å². The molecule has 0 heterocycles. The Balaban J connectivity index is 2.01. The number of sulfonamides is 1. The number of nitrogens with one attached hydrogen (secondary N) is 3. The van der Waals surface area contributed by atoms with E-state index in [0.717, 1.165) is 6.92 Å². The van der Waals surface area contributed by atoms with Gasteiger partial charge in [0.2, 0.25) is 5.91 Å². The molecule has 2 aromatic carbocycles. The molecule has 0 aromatic heterocycles. The Kier molecular flexibility index (Phi) is 8.27. The monoisotopic (exact) mass is 451 g/mol. The molecule has 3 N–H and O–H groups in total. The number of hydrogen-bond acceptors (Lipinski definition) is 7. The van der Waals surface area contributed by atoms with Crippen LogP contribution in [0.3, 0.4) is 0 Å². The van der Waals surface area contributed by atoms with Gasteiger partial charge in [0.05, 0.1) is 17.1 Å². The van der Waals surface area contributed by atoms with Gasteiger partial charge in [-0.15, -0.1) is 0 Å². The topological polar surface area (TPSA) is 123 Å². The molecule has 0 aliphatic carbocycles. The van der Waals surface area contributed by atoms with Crippen LogP contribution in [-0.2, 0) is 19.6 Å². The zero-order valence-electron chi connectivity index (χ0n) is 16.3. The number of hydrogen-bond donors (Lipinski definition) is 3. The van der Waals surface area contributed by atoms with E-state index < -0.39 is 21.8 Å². The van der Waals surface area contributed by atoms with E-state index in [9.17, 15) is 18.0 Å². The number of methoxy groups -OCH3 is 1. The van der Waals surface area contributed by atoms with E-state index in [4.69, 9.17) is 21.7 Å². The van der Waals surface area contributed by atoms with Crippen LogP contribution in [-0.4, -0.2) is 45.7 Å². The number of anilines is 1. The zero-order valence-corrected chi connectivity index (χ0v) is 17.9. The molecule has 0 spiro atoms. The minimum Gasteiger partial charge on any atom is -0.490 e. The summed E-state index contributed by atoms with van der Waals surface area (Å²) < 4.78 is 36.2. The van der Waals surface area contributed by atoms with Crippen LogP contribution in [0.25, 0.3) is 0 Å². The van der Waals surface area contributed by atoms with E-state index in [0.29, 0.717) is 23.6 Å². The summed E-state index contributed by atoms with van der Waals surface area (Å²) in [4.78, 5) is 23.4. The number of rotatable bonds is 8. The molecule has 0 atom stereocenters. The molecular weight excluding hydrogens is 430 g/mol. The quantitative estimate of drug-likeness (QED) is 0.409. The molecule has 11 heteroatoms. The van der Waals surface area contributed by atoms with Gasteiger partial charge in [-0.25, -0.2) is 13.1 Å². The summed E-state index contributed by atoms with van der Waals surface area (Å²) in [6.45, 7) is 1.77. The average molecular weight is 452 g/mol. The molecule has 0 aliphatic heterocycles. The second kappa shape index (κ2) is 10.7. The summed E-state index contributed by atoms with van der Waals surface area (Å²) in [6, 6.07) is 12.2. The van der Waals surface area contributed by atoms with E-state index >= 15 is 0 Å². The van der Waals surface area contributed by atoms with Crippen LogP contribution in [0.1, 0.15) is 17.3 Å². The molecule has 30 heavy (non-hydrogen) atoms. The first-order valence-electron chi connectivity index (χ1n) is 8.69. The van der Waals surface area contributed by atoms with Crippen LogP contribution in [0.15, 0.2) is 53.4 Å². The van der Waals surface area contributed by atoms with E-state index in [1.54, 1.807) is 31.4 Å². The predicted octanol–water partition coefficient (Wildman–Crippen LogP) is 1.66. The van der Waals surface area contributed by atoms with Gasteiger partial charge in [0.1, 0.15) is 12.4 Å². The molecule has 160 valence electrons. The van der Waals surface area contributed by atoms with E-state index in [-0.39, 0.29) is 16.6 Å². The third-order valence-electron chi connectivity index (χ3n) is 3.60. The lowest BCUT2D eigenvalue weighted by Crippen LogP contribution is -2.34. The van der Waals surface area contributed by atoms with Crippen molar-refractivity contribution in [2.75, 3.05) is 25.6 Å². The van der Waals surface area contributed by atoms with Crippen molar-refractivity contribution < 1.29 is 27.5 Å². The van der Waals surface area contributed by atoms with Crippen molar-refractivity contribution in [2.24, 2.45) is 0 Å². The molecule has 0 bridgehead atoms. The van der Waals surface area contributed by atoms with Crippen molar-refractivity contribution in [2.45, 2.75) is 11.8 Å². The van der Waals surface area contributed by atoms with E-state index in [1.807, 2.05) is 4.72 Å². The maximum Gasteiger partial charge on any atom is 0.264 e. The maximum atomic E-state index is 12.5. The highest BCUT2D eigenvalue weighted by atomic mass is 32.2. The fourth-order valence-electron chi connectivity index (χ4n) is 2.31. The summed E-state index contributed by atoms with van der Waals surface area (Å²) in [7, 11) is -2.38. The average Bonchev–Trinajstić information content (AvgIpc) is 2.68. The van der Waals surface area contributed by atoms with Gasteiger partial charge in [-0.05, 0) is 48.6 Å². The van der Waals surface area contributed by atoms with Crippen LogP contribution in [0.5, 0.6) is 5.75 Å². The first kappa shape index (κ1) is 23.3. The standard InChI is InChI=1S/C19H21N3O6S2/c1-13(23)22-30(25,26)15-9-7-14(8-10-15)20-19(29)21-18(24)16-5-3-4-6-17(16)28-12-11-27-2/h3-10H,11-12H2,1-2H3,(H,22,23)(H2,20,21,24,29). The van der Waals surface area contributed by atoms with Crippen LogP contribution in [0, 0.1) is 0 Å². The van der Waals surface area contributed by atoms with Crippen molar-refractivity contribution in [3.63, 3.8) is 0 Å². The first-order chi connectivity index (χ1) is 14.2. The van der Waals surface area contributed by atoms with Crippen LogP contribution >= 0.6 is 12.2 Å². The predicted molar refractivity (Wildman–Crippen MR) is 115 cm³/mol. The second-order valence-electron chi connectivity index (χ2n) is 5.93. The van der Waals surface area contributed by atoms with Crippen molar-refractivity contribution >= 4 is 44.9 Å². The lowest BCUT2D eigenvalue weighted by atomic mass is 10.2. The summed E-state index contributed by atoms with van der Waals surface area (Å²) in [6.07, 6.45) is 0. The van der Waals surface area contributed by atoms with Gasteiger partial charge < -0.3 is 14.8 Å². The lowest BCUT2D eigenvalue weighted by Gasteiger charge is -2.13. The Morgan fingerprint density at radius 2 is 1.70 bits per heavy atom. The highest BCUT2D eigenvalue weighted by Gasteiger charge is 2.16. The van der Waals surface area contributed by atoms with Gasteiger partial charge in [-0.3, -0.25) is 14.9 Å². The molecule has 0 aliphatic rings. The minimum absolute atomic E-state index is 0.0177. The number of carbonyl (C=O) groups is 2. The van der Waals surface area contributed by atoms with Crippen LogP contribution in [0.2, 0.25) is 0 Å². The highest BCUT2D eigenvalue weighted by molar-refractivity contribution is 7.90. The Morgan fingerprint density at radius 1 is 1.03 bits per heavy atom. The Morgan fingerprint density at radius 3 is 2.33 bits per heavy atom. The molecule has 0 fully saturated rings. The summed E-state index contributed by atoms with van der Waals surface area (Å²) in [5.41, 5.74) is 0.751. The fourth-order valence-corrected chi connectivity index (χ4v) is 3.51. The molecule has 0 unspecified atom stereocenters. The number of amides is 2. The van der Waals surface area contributed by atoms with Crippen molar-refractivity contribution in [1.82, 2.24) is 10.0 Å². The SMILES string of the molecule is COCCOc1ccccc1C(=O)NC(=S)Nc1ccc(S(=O)(=O)NC(C)=O)cc1. The molecule has 2 rings (SSSR count). The number of para-hydroxylation sites is 1. The van der Waals surface area contributed by atoms with E-state index in [1.165, 1.54) is 24.3 Å². The normalized spacial score (nSPS) is 10.7.